The first kappa shape index (κ1) is 10.4. The Bertz CT molecular complexity index is 337. The van der Waals surface area contributed by atoms with Gasteiger partial charge in [0.25, 0.3) is 0 Å². The Kier molecular flexibility index (Phi) is 3.16. The molecule has 4 heteroatoms. The number of rotatable bonds is 5. The largest absolute Gasteiger partial charge is 0.384 e. The first-order valence-electron chi connectivity index (χ1n) is 5.38. The predicted molar refractivity (Wildman–Crippen MR) is 59.1 cm³/mol. The maximum Gasteiger partial charge on any atom is 0.133 e. The van der Waals surface area contributed by atoms with E-state index in [1.54, 1.807) is 7.11 Å². The highest BCUT2D eigenvalue weighted by Crippen LogP contribution is 2.39. The fourth-order valence-corrected chi connectivity index (χ4v) is 1.54. The third-order valence-electron chi connectivity index (χ3n) is 2.57. The van der Waals surface area contributed by atoms with Crippen LogP contribution in [0.15, 0.2) is 6.07 Å². The van der Waals surface area contributed by atoms with Gasteiger partial charge >= 0.3 is 0 Å². The fourth-order valence-electron chi connectivity index (χ4n) is 1.54. The zero-order valence-electron chi connectivity index (χ0n) is 9.29. The highest BCUT2D eigenvalue weighted by atomic mass is 16.5. The topological polar surface area (TPSA) is 47.0 Å². The molecule has 1 aliphatic rings. The molecule has 0 bridgehead atoms. The van der Waals surface area contributed by atoms with Crippen molar-refractivity contribution >= 4 is 5.82 Å². The number of ether oxygens (including phenoxy) is 1. The van der Waals surface area contributed by atoms with E-state index in [0.29, 0.717) is 12.5 Å². The van der Waals surface area contributed by atoms with Gasteiger partial charge in [0.1, 0.15) is 11.6 Å². The maximum absolute atomic E-state index is 5.03. The van der Waals surface area contributed by atoms with Gasteiger partial charge in [0.2, 0.25) is 0 Å². The van der Waals surface area contributed by atoms with Crippen molar-refractivity contribution in [1.29, 1.82) is 0 Å². The van der Waals surface area contributed by atoms with Crippen LogP contribution in [-0.2, 0) is 11.2 Å². The molecular weight excluding hydrogens is 190 g/mol. The van der Waals surface area contributed by atoms with Crippen molar-refractivity contribution in [3.63, 3.8) is 0 Å². The lowest BCUT2D eigenvalue weighted by Gasteiger charge is -2.06. The fraction of sp³-hybridized carbons (Fsp3) is 0.636. The van der Waals surface area contributed by atoms with Gasteiger partial charge in [0.05, 0.1) is 6.61 Å². The second-order valence-corrected chi connectivity index (χ2v) is 3.86. The van der Waals surface area contributed by atoms with Gasteiger partial charge in [0, 0.05) is 38.3 Å². The van der Waals surface area contributed by atoms with Crippen molar-refractivity contribution in [2.75, 3.05) is 26.1 Å². The number of hydrogen-bond acceptors (Lipinski definition) is 4. The molecule has 1 aliphatic carbocycles. The molecule has 1 N–H and O–H groups in total. The number of anilines is 1. The van der Waals surface area contributed by atoms with Gasteiger partial charge in [-0.3, -0.25) is 0 Å². The normalized spacial score (nSPS) is 15.3. The van der Waals surface area contributed by atoms with E-state index in [1.807, 2.05) is 13.1 Å². The Morgan fingerprint density at radius 3 is 2.87 bits per heavy atom. The van der Waals surface area contributed by atoms with Gasteiger partial charge in [-0.1, -0.05) is 0 Å². The van der Waals surface area contributed by atoms with Crippen LogP contribution in [0.4, 0.5) is 5.82 Å². The third-order valence-corrected chi connectivity index (χ3v) is 2.57. The smallest absolute Gasteiger partial charge is 0.133 e. The Morgan fingerprint density at radius 2 is 2.27 bits per heavy atom. The van der Waals surface area contributed by atoms with Crippen LogP contribution in [0.5, 0.6) is 0 Å². The van der Waals surface area contributed by atoms with Crippen LogP contribution in [0.1, 0.15) is 30.3 Å². The first-order chi connectivity index (χ1) is 7.33. The summed E-state index contributed by atoms with van der Waals surface area (Å²) in [6.07, 6.45) is 3.32. The van der Waals surface area contributed by atoms with E-state index in [-0.39, 0.29) is 0 Å². The lowest BCUT2D eigenvalue weighted by atomic mass is 10.2. The summed E-state index contributed by atoms with van der Waals surface area (Å²) < 4.78 is 5.03. The molecule has 1 fully saturated rings. The summed E-state index contributed by atoms with van der Waals surface area (Å²) in [5, 5.41) is 3.07. The SMILES string of the molecule is CNc1cc(C2CC2)nc(CCOC)n1. The van der Waals surface area contributed by atoms with E-state index in [9.17, 15) is 0 Å². The highest BCUT2D eigenvalue weighted by molar-refractivity contribution is 5.37. The maximum atomic E-state index is 5.03. The predicted octanol–water partition coefficient (Wildman–Crippen LogP) is 1.58. The monoisotopic (exact) mass is 207 g/mol. The minimum atomic E-state index is 0.668. The first-order valence-corrected chi connectivity index (χ1v) is 5.38. The summed E-state index contributed by atoms with van der Waals surface area (Å²) in [6, 6.07) is 2.05. The summed E-state index contributed by atoms with van der Waals surface area (Å²) >= 11 is 0. The molecule has 1 saturated carbocycles. The number of nitrogens with one attached hydrogen (secondary N) is 1. The molecule has 0 spiro atoms. The van der Waals surface area contributed by atoms with Gasteiger partial charge in [0.15, 0.2) is 0 Å². The zero-order valence-corrected chi connectivity index (χ0v) is 9.29. The van der Waals surface area contributed by atoms with Crippen LogP contribution >= 0.6 is 0 Å². The van der Waals surface area contributed by atoms with Gasteiger partial charge < -0.3 is 10.1 Å². The molecule has 1 aromatic heterocycles. The molecule has 1 heterocycles. The van der Waals surface area contributed by atoms with Crippen molar-refractivity contribution in [2.45, 2.75) is 25.2 Å². The number of nitrogens with zero attached hydrogens (tertiary/aromatic N) is 2. The molecule has 0 aromatic carbocycles. The van der Waals surface area contributed by atoms with Crippen molar-refractivity contribution in [1.82, 2.24) is 9.97 Å². The number of hydrogen-bond donors (Lipinski definition) is 1. The van der Waals surface area contributed by atoms with Crippen LogP contribution in [0.25, 0.3) is 0 Å². The van der Waals surface area contributed by atoms with Crippen molar-refractivity contribution in [3.05, 3.63) is 17.6 Å². The zero-order chi connectivity index (χ0) is 10.7. The van der Waals surface area contributed by atoms with E-state index < -0.39 is 0 Å². The van der Waals surface area contributed by atoms with Crippen LogP contribution < -0.4 is 5.32 Å². The van der Waals surface area contributed by atoms with Crippen LogP contribution in [0.2, 0.25) is 0 Å². The average molecular weight is 207 g/mol. The molecule has 0 saturated heterocycles. The Hall–Kier alpha value is -1.16. The quantitative estimate of drug-likeness (QED) is 0.796. The molecule has 4 nitrogen and oxygen atoms in total. The van der Waals surface area contributed by atoms with Crippen molar-refractivity contribution < 1.29 is 4.74 Å². The Morgan fingerprint density at radius 1 is 1.47 bits per heavy atom. The lowest BCUT2D eigenvalue weighted by molar-refractivity contribution is 0.200. The minimum Gasteiger partial charge on any atom is -0.384 e. The molecule has 1 aromatic rings. The molecule has 0 radical (unpaired) electrons. The highest BCUT2D eigenvalue weighted by Gasteiger charge is 2.25. The number of methoxy groups -OCH3 is 1. The standard InChI is InChI=1S/C11H17N3O/c1-12-11-7-9(8-3-4-8)13-10(14-11)5-6-15-2/h7-8H,3-6H2,1-2H3,(H,12,13,14). The number of aromatic nitrogens is 2. The summed E-state index contributed by atoms with van der Waals surface area (Å²) in [5.74, 6) is 2.46. The van der Waals surface area contributed by atoms with E-state index in [0.717, 1.165) is 18.1 Å². The van der Waals surface area contributed by atoms with E-state index in [1.165, 1.54) is 18.5 Å². The molecule has 82 valence electrons. The average Bonchev–Trinajstić information content (AvgIpc) is 3.09. The molecule has 0 aliphatic heterocycles. The molecule has 2 rings (SSSR count). The summed E-state index contributed by atoms with van der Waals surface area (Å²) in [7, 11) is 3.59. The lowest BCUT2D eigenvalue weighted by Crippen LogP contribution is -2.05. The Balaban J connectivity index is 2.16. The van der Waals surface area contributed by atoms with Crippen LogP contribution in [0, 0.1) is 0 Å². The summed E-state index contributed by atoms with van der Waals surface area (Å²) in [6.45, 7) is 0.678. The van der Waals surface area contributed by atoms with E-state index in [4.69, 9.17) is 4.74 Å². The molecule has 0 unspecified atom stereocenters. The minimum absolute atomic E-state index is 0.668. The van der Waals surface area contributed by atoms with Crippen molar-refractivity contribution in [3.8, 4) is 0 Å². The summed E-state index contributed by atoms with van der Waals surface area (Å²) in [4.78, 5) is 8.95. The molecule has 0 atom stereocenters. The molecule has 15 heavy (non-hydrogen) atoms. The van der Waals surface area contributed by atoms with Crippen LogP contribution in [-0.4, -0.2) is 30.7 Å². The van der Waals surface area contributed by atoms with Crippen LogP contribution in [0.3, 0.4) is 0 Å². The van der Waals surface area contributed by atoms with Crippen molar-refractivity contribution in [2.24, 2.45) is 0 Å². The van der Waals surface area contributed by atoms with Gasteiger partial charge in [-0.15, -0.1) is 0 Å². The van der Waals surface area contributed by atoms with Gasteiger partial charge in [-0.2, -0.15) is 0 Å². The summed E-state index contributed by atoms with van der Waals surface area (Å²) in [5.41, 5.74) is 1.18. The van der Waals surface area contributed by atoms with E-state index in [2.05, 4.69) is 15.3 Å². The Labute approximate surface area is 90.1 Å². The second kappa shape index (κ2) is 4.57. The third kappa shape index (κ3) is 2.65. The van der Waals surface area contributed by atoms with E-state index >= 15 is 0 Å². The molecular formula is C11H17N3O. The molecule has 0 amide bonds. The second-order valence-electron chi connectivity index (χ2n) is 3.86. The van der Waals surface area contributed by atoms with Gasteiger partial charge in [-0.05, 0) is 12.8 Å². The van der Waals surface area contributed by atoms with Gasteiger partial charge in [-0.25, -0.2) is 9.97 Å².